The molecule has 86 valence electrons. The molecule has 0 radical (unpaired) electrons. The minimum atomic E-state index is -0.762. The van der Waals surface area contributed by atoms with Gasteiger partial charge in [-0.2, -0.15) is 0 Å². The van der Waals surface area contributed by atoms with Crippen LogP contribution in [0.5, 0.6) is 5.75 Å². The summed E-state index contributed by atoms with van der Waals surface area (Å²) in [5, 5.41) is 8.52. The number of hydrogen-bond acceptors (Lipinski definition) is 2. The summed E-state index contributed by atoms with van der Waals surface area (Å²) in [5.41, 5.74) is 2.00. The van der Waals surface area contributed by atoms with E-state index in [1.807, 2.05) is 24.3 Å². The molecule has 0 fully saturated rings. The number of benzene rings is 1. The molecule has 0 bridgehead atoms. The molecule has 1 aromatic carbocycles. The standard InChI is InChI=1S/C13H16O3/c1-10(4-3-5-13(14)15)11-6-8-12(16-2)9-7-11/h6-9H,1,3-5H2,2H3,(H,14,15). The summed E-state index contributed by atoms with van der Waals surface area (Å²) in [6, 6.07) is 7.61. The first-order valence-electron chi connectivity index (χ1n) is 5.17. The molecule has 0 aliphatic heterocycles. The lowest BCUT2D eigenvalue weighted by atomic mass is 10.0. The average Bonchev–Trinajstić information content (AvgIpc) is 2.28. The number of hydrogen-bond donors (Lipinski definition) is 1. The number of aliphatic carboxylic acids is 1. The van der Waals surface area contributed by atoms with Crippen molar-refractivity contribution in [2.24, 2.45) is 0 Å². The Balaban J connectivity index is 2.49. The van der Waals surface area contributed by atoms with Crippen LogP contribution in [0.15, 0.2) is 30.8 Å². The van der Waals surface area contributed by atoms with Gasteiger partial charge in [-0.1, -0.05) is 18.7 Å². The van der Waals surface area contributed by atoms with Gasteiger partial charge in [-0.15, -0.1) is 0 Å². The first-order chi connectivity index (χ1) is 7.63. The quantitative estimate of drug-likeness (QED) is 0.801. The summed E-state index contributed by atoms with van der Waals surface area (Å²) >= 11 is 0. The molecule has 0 saturated heterocycles. The third-order valence-electron chi connectivity index (χ3n) is 2.37. The minimum Gasteiger partial charge on any atom is -0.497 e. The van der Waals surface area contributed by atoms with Crippen molar-refractivity contribution in [3.05, 3.63) is 36.4 Å². The summed E-state index contributed by atoms with van der Waals surface area (Å²) in [7, 11) is 1.62. The third kappa shape index (κ3) is 3.77. The Hall–Kier alpha value is -1.77. The van der Waals surface area contributed by atoms with Gasteiger partial charge in [-0.25, -0.2) is 0 Å². The Morgan fingerprint density at radius 3 is 2.44 bits per heavy atom. The summed E-state index contributed by atoms with van der Waals surface area (Å²) in [6.07, 6.45) is 1.52. The fraction of sp³-hybridized carbons (Fsp3) is 0.308. The second-order valence-corrected chi connectivity index (χ2v) is 3.58. The molecule has 1 N–H and O–H groups in total. The highest BCUT2D eigenvalue weighted by atomic mass is 16.5. The molecule has 0 unspecified atom stereocenters. The number of carbonyl (C=O) groups is 1. The number of allylic oxidation sites excluding steroid dienone is 1. The van der Waals surface area contributed by atoms with E-state index in [4.69, 9.17) is 9.84 Å². The zero-order valence-electron chi connectivity index (χ0n) is 9.40. The monoisotopic (exact) mass is 220 g/mol. The minimum absolute atomic E-state index is 0.190. The number of rotatable bonds is 6. The normalized spacial score (nSPS) is 9.81. The van der Waals surface area contributed by atoms with Crippen molar-refractivity contribution in [2.75, 3.05) is 7.11 Å². The molecule has 0 amide bonds. The van der Waals surface area contributed by atoms with Crippen molar-refractivity contribution in [1.29, 1.82) is 0 Å². The van der Waals surface area contributed by atoms with Crippen molar-refractivity contribution in [1.82, 2.24) is 0 Å². The van der Waals surface area contributed by atoms with E-state index in [1.54, 1.807) is 7.11 Å². The van der Waals surface area contributed by atoms with Gasteiger partial charge in [0.05, 0.1) is 7.11 Å². The average molecular weight is 220 g/mol. The lowest BCUT2D eigenvalue weighted by Crippen LogP contribution is -1.94. The van der Waals surface area contributed by atoms with Crippen LogP contribution in [0, 0.1) is 0 Å². The second-order valence-electron chi connectivity index (χ2n) is 3.58. The van der Waals surface area contributed by atoms with Gasteiger partial charge in [-0.3, -0.25) is 4.79 Å². The van der Waals surface area contributed by atoms with Crippen molar-refractivity contribution in [3.8, 4) is 5.75 Å². The molecular formula is C13H16O3. The van der Waals surface area contributed by atoms with E-state index in [9.17, 15) is 4.79 Å². The predicted octanol–water partition coefficient (Wildman–Crippen LogP) is 2.96. The van der Waals surface area contributed by atoms with Crippen molar-refractivity contribution >= 4 is 11.5 Å². The van der Waals surface area contributed by atoms with Crippen LogP contribution in [0.2, 0.25) is 0 Å². The summed E-state index contributed by atoms with van der Waals surface area (Å²) in [4.78, 5) is 10.4. The largest absolute Gasteiger partial charge is 0.497 e. The molecule has 3 heteroatoms. The van der Waals surface area contributed by atoms with Gasteiger partial charge in [0.15, 0.2) is 0 Å². The zero-order valence-corrected chi connectivity index (χ0v) is 9.40. The van der Waals surface area contributed by atoms with Gasteiger partial charge in [0, 0.05) is 6.42 Å². The maximum Gasteiger partial charge on any atom is 0.303 e. The second kappa shape index (κ2) is 5.95. The van der Waals surface area contributed by atoms with Crippen LogP contribution in [-0.4, -0.2) is 18.2 Å². The van der Waals surface area contributed by atoms with Crippen molar-refractivity contribution in [3.63, 3.8) is 0 Å². The molecule has 16 heavy (non-hydrogen) atoms. The van der Waals surface area contributed by atoms with Gasteiger partial charge >= 0.3 is 5.97 Å². The Kier molecular flexibility index (Phi) is 4.58. The topological polar surface area (TPSA) is 46.5 Å². The molecule has 0 heterocycles. The maximum atomic E-state index is 10.4. The fourth-order valence-corrected chi connectivity index (χ4v) is 1.42. The van der Waals surface area contributed by atoms with Crippen LogP contribution in [-0.2, 0) is 4.79 Å². The van der Waals surface area contributed by atoms with Gasteiger partial charge in [0.2, 0.25) is 0 Å². The SMILES string of the molecule is C=C(CCCC(=O)O)c1ccc(OC)cc1. The van der Waals surface area contributed by atoms with Gasteiger partial charge in [0.25, 0.3) is 0 Å². The molecule has 1 aromatic rings. The Labute approximate surface area is 95.4 Å². The zero-order chi connectivity index (χ0) is 12.0. The highest BCUT2D eigenvalue weighted by Gasteiger charge is 2.02. The molecule has 0 saturated carbocycles. The van der Waals surface area contributed by atoms with E-state index in [0.29, 0.717) is 12.8 Å². The van der Waals surface area contributed by atoms with E-state index in [0.717, 1.165) is 16.9 Å². The van der Waals surface area contributed by atoms with Crippen LogP contribution in [0.4, 0.5) is 0 Å². The Morgan fingerprint density at radius 2 is 1.94 bits per heavy atom. The Morgan fingerprint density at radius 1 is 1.31 bits per heavy atom. The van der Waals surface area contributed by atoms with E-state index in [1.165, 1.54) is 0 Å². The molecule has 3 nitrogen and oxygen atoms in total. The molecule has 0 aliphatic rings. The summed E-state index contributed by atoms with van der Waals surface area (Å²) in [6.45, 7) is 3.94. The molecule has 0 atom stereocenters. The molecule has 0 aromatic heterocycles. The third-order valence-corrected chi connectivity index (χ3v) is 2.37. The number of ether oxygens (including phenoxy) is 1. The molecular weight excluding hydrogens is 204 g/mol. The van der Waals surface area contributed by atoms with E-state index in [-0.39, 0.29) is 6.42 Å². The van der Waals surface area contributed by atoms with Gasteiger partial charge in [-0.05, 0) is 36.1 Å². The molecule has 1 rings (SSSR count). The first kappa shape index (κ1) is 12.3. The fourth-order valence-electron chi connectivity index (χ4n) is 1.42. The van der Waals surface area contributed by atoms with Gasteiger partial charge in [0.1, 0.15) is 5.75 Å². The van der Waals surface area contributed by atoms with Crippen molar-refractivity contribution in [2.45, 2.75) is 19.3 Å². The van der Waals surface area contributed by atoms with Crippen LogP contribution < -0.4 is 4.74 Å². The molecule has 0 spiro atoms. The highest BCUT2D eigenvalue weighted by Crippen LogP contribution is 2.21. The highest BCUT2D eigenvalue weighted by molar-refractivity contribution is 5.68. The number of carboxylic acid groups (broad SMARTS) is 1. The van der Waals surface area contributed by atoms with Crippen LogP contribution in [0.3, 0.4) is 0 Å². The lowest BCUT2D eigenvalue weighted by molar-refractivity contribution is -0.137. The maximum absolute atomic E-state index is 10.4. The Bertz CT molecular complexity index is 365. The van der Waals surface area contributed by atoms with Gasteiger partial charge < -0.3 is 9.84 Å². The van der Waals surface area contributed by atoms with Crippen LogP contribution in [0.1, 0.15) is 24.8 Å². The van der Waals surface area contributed by atoms with E-state index in [2.05, 4.69) is 6.58 Å². The predicted molar refractivity (Wildman–Crippen MR) is 63.5 cm³/mol. The first-order valence-corrected chi connectivity index (χ1v) is 5.17. The summed E-state index contributed by atoms with van der Waals surface area (Å²) in [5.74, 6) is 0.0459. The smallest absolute Gasteiger partial charge is 0.303 e. The summed E-state index contributed by atoms with van der Waals surface area (Å²) < 4.78 is 5.05. The van der Waals surface area contributed by atoms with Crippen LogP contribution >= 0.6 is 0 Å². The van der Waals surface area contributed by atoms with E-state index < -0.39 is 5.97 Å². The van der Waals surface area contributed by atoms with Crippen LogP contribution in [0.25, 0.3) is 5.57 Å². The number of carboxylic acids is 1. The van der Waals surface area contributed by atoms with Crippen molar-refractivity contribution < 1.29 is 14.6 Å². The lowest BCUT2D eigenvalue weighted by Gasteiger charge is -2.06. The number of methoxy groups -OCH3 is 1. The van der Waals surface area contributed by atoms with E-state index >= 15 is 0 Å². The molecule has 0 aliphatic carbocycles.